The molecule has 6 heteroatoms. The van der Waals surface area contributed by atoms with Gasteiger partial charge in [0.05, 0.1) is 11.3 Å². The van der Waals surface area contributed by atoms with Crippen molar-refractivity contribution in [2.75, 3.05) is 12.4 Å². The average molecular weight is 294 g/mol. The van der Waals surface area contributed by atoms with Crippen LogP contribution in [0, 0.1) is 5.41 Å². The zero-order valence-corrected chi connectivity index (χ0v) is 13.8. The molecule has 0 unspecified atom stereocenters. The summed E-state index contributed by atoms with van der Waals surface area (Å²) in [6.45, 7) is 8.35. The predicted molar refractivity (Wildman–Crippen MR) is 82.3 cm³/mol. The molecule has 1 aliphatic carbocycles. The van der Waals surface area contributed by atoms with Gasteiger partial charge in [0.1, 0.15) is 5.82 Å². The summed E-state index contributed by atoms with van der Waals surface area (Å²) in [4.78, 5) is 12.1. The first-order valence-corrected chi connectivity index (χ1v) is 7.39. The van der Waals surface area contributed by atoms with Gasteiger partial charge in [-0.3, -0.25) is 10.00 Å². The number of carbonyl (C=O) groups is 1. The number of hydrogen-bond donors (Lipinski definition) is 2. The van der Waals surface area contributed by atoms with Crippen LogP contribution in [0.25, 0.3) is 0 Å². The van der Waals surface area contributed by atoms with Gasteiger partial charge >= 0.3 is 6.03 Å². The molecule has 0 radical (unpaired) electrons. The third kappa shape index (κ3) is 2.64. The molecule has 2 rings (SSSR count). The summed E-state index contributed by atoms with van der Waals surface area (Å²) in [5, 5.41) is 10.2. The quantitative estimate of drug-likeness (QED) is 0.895. The van der Waals surface area contributed by atoms with E-state index in [1.54, 1.807) is 11.8 Å². The van der Waals surface area contributed by atoms with Gasteiger partial charge < -0.3 is 10.1 Å². The largest absolute Gasteiger partial charge is 0.378 e. The minimum Gasteiger partial charge on any atom is -0.378 e. The number of rotatable bonds is 4. The van der Waals surface area contributed by atoms with E-state index >= 15 is 0 Å². The highest BCUT2D eigenvalue weighted by molar-refractivity contribution is 5.88. The standard InChI is InChI=1S/C15H26N4O2/c1-7-10-8-12(19(5)18-10)17-13(20)16-11-9-15(4,21-6)14(11,2)3/h8,11H,7,9H2,1-6H3,(H2,16,17,20)/t11-,15-/m1/s1. The van der Waals surface area contributed by atoms with E-state index in [4.69, 9.17) is 4.74 Å². The first-order valence-electron chi connectivity index (χ1n) is 7.39. The molecule has 0 aliphatic heterocycles. The number of aromatic nitrogens is 2. The van der Waals surface area contributed by atoms with Crippen LogP contribution in [0.1, 0.15) is 39.8 Å². The van der Waals surface area contributed by atoms with Crippen LogP contribution >= 0.6 is 0 Å². The minimum absolute atomic E-state index is 0.0971. The lowest BCUT2D eigenvalue weighted by molar-refractivity contribution is -0.177. The van der Waals surface area contributed by atoms with E-state index < -0.39 is 0 Å². The molecule has 0 saturated heterocycles. The lowest BCUT2D eigenvalue weighted by atomic mass is 9.56. The average Bonchev–Trinajstić information content (AvgIpc) is 2.78. The Morgan fingerprint density at radius 1 is 1.52 bits per heavy atom. The Balaban J connectivity index is 1.96. The summed E-state index contributed by atoms with van der Waals surface area (Å²) in [5.41, 5.74) is 0.677. The molecular formula is C15H26N4O2. The van der Waals surface area contributed by atoms with Gasteiger partial charge in [0, 0.05) is 31.7 Å². The maximum absolute atomic E-state index is 12.1. The van der Waals surface area contributed by atoms with Crippen molar-refractivity contribution in [1.29, 1.82) is 0 Å². The topological polar surface area (TPSA) is 68.2 Å². The number of anilines is 1. The third-order valence-corrected chi connectivity index (χ3v) is 5.12. The van der Waals surface area contributed by atoms with Crippen LogP contribution in [0.2, 0.25) is 0 Å². The maximum atomic E-state index is 12.1. The molecule has 21 heavy (non-hydrogen) atoms. The van der Waals surface area contributed by atoms with Gasteiger partial charge in [0.25, 0.3) is 0 Å². The molecule has 0 bridgehead atoms. The number of nitrogens with one attached hydrogen (secondary N) is 2. The normalized spacial score (nSPS) is 27.0. The molecule has 1 aromatic heterocycles. The second-order valence-electron chi connectivity index (χ2n) is 6.51. The number of ether oxygens (including phenoxy) is 1. The van der Waals surface area contributed by atoms with E-state index in [9.17, 15) is 4.79 Å². The highest BCUT2D eigenvalue weighted by Crippen LogP contribution is 2.51. The summed E-state index contributed by atoms with van der Waals surface area (Å²) >= 11 is 0. The number of aryl methyl sites for hydroxylation is 2. The second-order valence-corrected chi connectivity index (χ2v) is 6.51. The highest BCUT2D eigenvalue weighted by atomic mass is 16.5. The van der Waals surface area contributed by atoms with E-state index in [0.29, 0.717) is 5.82 Å². The number of hydrogen-bond acceptors (Lipinski definition) is 3. The SMILES string of the molecule is CCc1cc(NC(=O)N[C@@H]2C[C@@](C)(OC)C2(C)C)n(C)n1. The summed E-state index contributed by atoms with van der Waals surface area (Å²) in [6.07, 6.45) is 1.66. The van der Waals surface area contributed by atoms with Crippen LogP contribution in [0.15, 0.2) is 6.07 Å². The Labute approximate surface area is 126 Å². The molecule has 2 N–H and O–H groups in total. The summed E-state index contributed by atoms with van der Waals surface area (Å²) in [7, 11) is 3.55. The van der Waals surface area contributed by atoms with E-state index in [-0.39, 0.29) is 23.1 Å². The Bertz CT molecular complexity index is 538. The summed E-state index contributed by atoms with van der Waals surface area (Å²) in [6, 6.07) is 1.79. The van der Waals surface area contributed by atoms with Crippen LogP contribution in [-0.2, 0) is 18.2 Å². The maximum Gasteiger partial charge on any atom is 0.320 e. The molecule has 1 aromatic rings. The van der Waals surface area contributed by atoms with Crippen LogP contribution in [0.4, 0.5) is 10.6 Å². The Kier molecular flexibility index (Phi) is 4.02. The first-order chi connectivity index (χ1) is 9.73. The number of amides is 2. The number of carbonyl (C=O) groups excluding carboxylic acids is 1. The monoisotopic (exact) mass is 294 g/mol. The zero-order chi connectivity index (χ0) is 15.8. The Hall–Kier alpha value is -1.56. The van der Waals surface area contributed by atoms with Crippen LogP contribution in [0.3, 0.4) is 0 Å². The van der Waals surface area contributed by atoms with Gasteiger partial charge in [-0.25, -0.2) is 4.79 Å². The molecule has 1 fully saturated rings. The number of nitrogens with zero attached hydrogens (tertiary/aromatic N) is 2. The lowest BCUT2D eigenvalue weighted by Gasteiger charge is -2.58. The fraction of sp³-hybridized carbons (Fsp3) is 0.733. The van der Waals surface area contributed by atoms with Crippen molar-refractivity contribution in [2.45, 2.75) is 52.2 Å². The molecule has 1 heterocycles. The van der Waals surface area contributed by atoms with Crippen molar-refractivity contribution in [3.63, 3.8) is 0 Å². The second kappa shape index (κ2) is 5.33. The van der Waals surface area contributed by atoms with E-state index in [1.807, 2.05) is 20.0 Å². The Morgan fingerprint density at radius 3 is 2.67 bits per heavy atom. The minimum atomic E-state index is -0.197. The summed E-state index contributed by atoms with van der Waals surface area (Å²) < 4.78 is 7.25. The fourth-order valence-electron chi connectivity index (χ4n) is 2.85. The molecule has 2 amide bonds. The van der Waals surface area contributed by atoms with Crippen molar-refractivity contribution in [3.8, 4) is 0 Å². The van der Waals surface area contributed by atoms with Crippen molar-refractivity contribution in [1.82, 2.24) is 15.1 Å². The molecular weight excluding hydrogens is 268 g/mol. The number of urea groups is 1. The smallest absolute Gasteiger partial charge is 0.320 e. The van der Waals surface area contributed by atoms with Crippen molar-refractivity contribution >= 4 is 11.8 Å². The molecule has 6 nitrogen and oxygen atoms in total. The van der Waals surface area contributed by atoms with Gasteiger partial charge in [-0.05, 0) is 19.8 Å². The van der Waals surface area contributed by atoms with Gasteiger partial charge in [-0.15, -0.1) is 0 Å². The van der Waals surface area contributed by atoms with Crippen LogP contribution in [0.5, 0.6) is 0 Å². The van der Waals surface area contributed by atoms with Gasteiger partial charge in [-0.1, -0.05) is 20.8 Å². The zero-order valence-electron chi connectivity index (χ0n) is 13.8. The number of methoxy groups -OCH3 is 1. The molecule has 2 atom stereocenters. The van der Waals surface area contributed by atoms with Gasteiger partial charge in [0.2, 0.25) is 0 Å². The molecule has 0 aromatic carbocycles. The highest BCUT2D eigenvalue weighted by Gasteiger charge is 2.58. The van der Waals surface area contributed by atoms with Crippen LogP contribution < -0.4 is 10.6 Å². The molecule has 118 valence electrons. The first kappa shape index (κ1) is 15.8. The Morgan fingerprint density at radius 2 is 2.19 bits per heavy atom. The predicted octanol–water partition coefficient (Wildman–Crippen LogP) is 2.31. The van der Waals surface area contributed by atoms with Crippen molar-refractivity contribution in [3.05, 3.63) is 11.8 Å². The van der Waals surface area contributed by atoms with E-state index in [2.05, 4.69) is 36.5 Å². The fourth-order valence-corrected chi connectivity index (χ4v) is 2.85. The molecule has 1 saturated carbocycles. The molecule has 0 spiro atoms. The van der Waals surface area contributed by atoms with E-state index in [1.165, 1.54) is 0 Å². The van der Waals surface area contributed by atoms with Gasteiger partial charge in [0.15, 0.2) is 0 Å². The van der Waals surface area contributed by atoms with Gasteiger partial charge in [-0.2, -0.15) is 5.10 Å². The molecule has 1 aliphatic rings. The van der Waals surface area contributed by atoms with Crippen LogP contribution in [-0.4, -0.2) is 34.6 Å². The lowest BCUT2D eigenvalue weighted by Crippen LogP contribution is -2.68. The van der Waals surface area contributed by atoms with Crippen molar-refractivity contribution in [2.24, 2.45) is 12.5 Å². The third-order valence-electron chi connectivity index (χ3n) is 5.12. The van der Waals surface area contributed by atoms with Crippen molar-refractivity contribution < 1.29 is 9.53 Å². The summed E-state index contributed by atoms with van der Waals surface area (Å²) in [5.74, 6) is 0.705. The van der Waals surface area contributed by atoms with E-state index in [0.717, 1.165) is 18.5 Å².